The summed E-state index contributed by atoms with van der Waals surface area (Å²) in [5, 5.41) is 65.5. The number of amides is 12. The number of hydrogen-bond donors (Lipinski definition) is 18. The minimum absolute atomic E-state index is 0.00514. The molecule has 21 N–H and O–H groups in total. The third-order valence-corrected chi connectivity index (χ3v) is 19.6. The maximum absolute atomic E-state index is 15.5. The van der Waals surface area contributed by atoms with E-state index in [1.54, 1.807) is 69.3 Å². The monoisotopic (exact) mass is 1620 g/mol. The molecule has 116 heavy (non-hydrogen) atoms. The smallest absolute Gasteiger partial charge is 0.245 e. The second kappa shape index (κ2) is 46.6. The van der Waals surface area contributed by atoms with Crippen molar-refractivity contribution in [3.63, 3.8) is 0 Å². The number of aromatic nitrogens is 1. The third-order valence-electron chi connectivity index (χ3n) is 19.3. The topological polar surface area (TPSA) is 504 Å². The first kappa shape index (κ1) is 92.3. The van der Waals surface area contributed by atoms with Crippen molar-refractivity contribution in [2.75, 3.05) is 43.5 Å². The molecule has 1 aliphatic rings. The Balaban J connectivity index is 1.22. The zero-order chi connectivity index (χ0) is 84.5. The van der Waals surface area contributed by atoms with Crippen molar-refractivity contribution in [1.29, 1.82) is 0 Å². The first-order valence-electron chi connectivity index (χ1n) is 39.1. The number of unbranched alkanes of at least 4 members (excludes halogenated alkanes) is 1. The summed E-state index contributed by atoms with van der Waals surface area (Å²) < 4.78 is 0. The molecule has 6 aromatic rings. The molecule has 1 aromatic heterocycles. The molecule has 5 aromatic carbocycles. The second-order valence-electron chi connectivity index (χ2n) is 29.9. The fraction of sp³-hybridized carbons (Fsp3) is 0.458. The fourth-order valence-electron chi connectivity index (χ4n) is 13.2. The molecule has 0 aliphatic carbocycles. The average Bonchev–Trinajstić information content (AvgIpc) is 1.68. The third kappa shape index (κ3) is 30.1. The van der Waals surface area contributed by atoms with Gasteiger partial charge >= 0.3 is 0 Å². The van der Waals surface area contributed by atoms with Crippen LogP contribution in [0.25, 0.3) is 10.8 Å². The maximum atomic E-state index is 15.5. The van der Waals surface area contributed by atoms with Gasteiger partial charge in [-0.25, -0.2) is 0 Å². The average molecular weight is 1620 g/mol. The van der Waals surface area contributed by atoms with Crippen molar-refractivity contribution in [3.8, 4) is 0 Å². The number of rotatable bonds is 45. The number of hydrogen-bond acceptors (Lipinski definition) is 20. The van der Waals surface area contributed by atoms with Crippen LogP contribution in [-0.2, 0) is 89.6 Å². The van der Waals surface area contributed by atoms with Gasteiger partial charge in [0.15, 0.2) is 0 Å². The van der Waals surface area contributed by atoms with Crippen LogP contribution >= 0.6 is 11.6 Å². The molecule has 1 saturated heterocycles. The van der Waals surface area contributed by atoms with Gasteiger partial charge in [0.25, 0.3) is 0 Å². The summed E-state index contributed by atoms with van der Waals surface area (Å²) in [4.78, 5) is 178. The summed E-state index contributed by atoms with van der Waals surface area (Å²) in [6, 6.07) is 20.1. The van der Waals surface area contributed by atoms with E-state index in [-0.39, 0.29) is 101 Å². The van der Waals surface area contributed by atoms with Gasteiger partial charge in [-0.2, -0.15) is 0 Å². The van der Waals surface area contributed by atoms with Crippen LogP contribution in [0.4, 0.5) is 11.4 Å². The summed E-state index contributed by atoms with van der Waals surface area (Å²) in [5.74, 6) is -9.51. The molecule has 0 unspecified atom stereocenters. The van der Waals surface area contributed by atoms with E-state index in [4.69, 9.17) is 28.8 Å². The molecule has 12 amide bonds. The number of aliphatic hydroxyl groups excluding tert-OH is 3. The van der Waals surface area contributed by atoms with E-state index in [9.17, 15) is 58.5 Å². The Morgan fingerprint density at radius 3 is 1.38 bits per heavy atom. The molecule has 32 nitrogen and oxygen atoms in total. The van der Waals surface area contributed by atoms with Crippen LogP contribution in [0.3, 0.4) is 0 Å². The number of aliphatic hydroxyl groups is 3. The number of nitrogens with zero attached hydrogens (tertiary/aromatic N) is 2. The van der Waals surface area contributed by atoms with Crippen LogP contribution in [-0.4, -0.2) is 208 Å². The minimum Gasteiger partial charge on any atom is -0.396 e. The summed E-state index contributed by atoms with van der Waals surface area (Å²) in [6.07, 6.45) is 3.10. The standard InChI is InChI=1S/C83H112ClN17O15/c1-48(2)39-65(75(108)94-64(16-9-10-35-89-49(3)4)83(116)101-36-12-17-72(101)82(115)90-50(5)85)95-77(110)68(42-53-21-28-60(29-22-53)92-73(106)62(86)32-37-102)97-79(112)69(43-54-23-30-61(31-24-54)93-74(107)63(87)33-38-103)99-81(114)71(47-104)100-80(113)70(45-56-13-11-34-88-46-56)98-78(111)67(41-52-19-26-59(84)27-20-52)96-76(109)66(91-51(6)105)44-55-18-25-57-14-7-8-15-58(57)40-55/h7-8,11,13-15,18-31,34,40,46,48-50,62-72,89,102-104H,9-10,12,16-17,32-33,35-39,41-45,47,85-87H2,1-6H3,(H,90,115)(H,91,105)(H,92,106)(H,93,107)(H,94,108)(H,95,110)(H,96,109)(H,97,112)(H,98,111)(H,99,114)(H,100,113)/t50-,62-,63+,64+,65+,66-,67-,68-,69+,70-,71+,72+/m1/s1. The van der Waals surface area contributed by atoms with Crippen molar-refractivity contribution >= 4 is 105 Å². The van der Waals surface area contributed by atoms with Crippen molar-refractivity contribution < 1.29 is 72.9 Å². The van der Waals surface area contributed by atoms with E-state index in [1.165, 1.54) is 60.6 Å². The van der Waals surface area contributed by atoms with Crippen LogP contribution < -0.4 is 81.0 Å². The number of fused-ring (bicyclic) bond motifs is 1. The lowest BCUT2D eigenvalue weighted by Gasteiger charge is -2.31. The van der Waals surface area contributed by atoms with Gasteiger partial charge in [0.05, 0.1) is 24.9 Å². The molecule has 7 rings (SSSR count). The predicted molar refractivity (Wildman–Crippen MR) is 439 cm³/mol. The van der Waals surface area contributed by atoms with E-state index < -0.39 is 150 Å². The van der Waals surface area contributed by atoms with Crippen LogP contribution in [0.1, 0.15) is 121 Å². The summed E-state index contributed by atoms with van der Waals surface area (Å²) in [7, 11) is 0. The van der Waals surface area contributed by atoms with Gasteiger partial charge in [0.2, 0.25) is 70.9 Å². The summed E-state index contributed by atoms with van der Waals surface area (Å²) in [6.45, 7) is 9.45. The number of carbonyl (C=O) groups is 12. The van der Waals surface area contributed by atoms with Crippen molar-refractivity contribution in [2.24, 2.45) is 23.1 Å². The lowest BCUT2D eigenvalue weighted by atomic mass is 9.99. The highest BCUT2D eigenvalue weighted by atomic mass is 35.5. The Hall–Kier alpha value is -10.8. The van der Waals surface area contributed by atoms with E-state index in [0.717, 1.165) is 10.8 Å². The highest BCUT2D eigenvalue weighted by molar-refractivity contribution is 6.30. The van der Waals surface area contributed by atoms with E-state index in [1.807, 2.05) is 56.3 Å². The highest BCUT2D eigenvalue weighted by Crippen LogP contribution is 2.23. The number of halogens is 1. The zero-order valence-corrected chi connectivity index (χ0v) is 67.1. The first-order chi connectivity index (χ1) is 55.4. The number of carbonyl (C=O) groups excluding carboxylic acids is 12. The molecule has 626 valence electrons. The Kier molecular flexibility index (Phi) is 37.1. The zero-order valence-electron chi connectivity index (χ0n) is 66.3. The van der Waals surface area contributed by atoms with E-state index in [2.05, 4.69) is 68.8 Å². The van der Waals surface area contributed by atoms with E-state index in [0.29, 0.717) is 65.1 Å². The number of nitrogens with two attached hydrogens (primary N) is 3. The lowest BCUT2D eigenvalue weighted by Crippen LogP contribution is -2.62. The summed E-state index contributed by atoms with van der Waals surface area (Å²) in [5.41, 5.74) is 20.8. The molecule has 1 aliphatic heterocycles. The lowest BCUT2D eigenvalue weighted by molar-refractivity contribution is -0.142. The Morgan fingerprint density at radius 1 is 0.474 bits per heavy atom. The maximum Gasteiger partial charge on any atom is 0.245 e. The number of pyridine rings is 1. The number of benzene rings is 5. The quantitative estimate of drug-likeness (QED) is 0.0189. The van der Waals surface area contributed by atoms with Crippen LogP contribution in [0.15, 0.2) is 140 Å². The van der Waals surface area contributed by atoms with Crippen LogP contribution in [0, 0.1) is 5.92 Å². The molecule has 33 heteroatoms. The summed E-state index contributed by atoms with van der Waals surface area (Å²) >= 11 is 6.27. The normalized spacial score (nSPS) is 15.5. The molecule has 1 fully saturated rings. The molecule has 2 heterocycles. The van der Waals surface area contributed by atoms with Gasteiger partial charge in [-0.15, -0.1) is 0 Å². The van der Waals surface area contributed by atoms with Gasteiger partial charge in [0.1, 0.15) is 54.4 Å². The van der Waals surface area contributed by atoms with Crippen LogP contribution in [0.2, 0.25) is 5.02 Å². The van der Waals surface area contributed by atoms with Crippen molar-refractivity contribution in [3.05, 3.63) is 173 Å². The van der Waals surface area contributed by atoms with Gasteiger partial charge in [-0.05, 0) is 152 Å². The van der Waals surface area contributed by atoms with E-state index >= 15 is 14.4 Å². The Morgan fingerprint density at radius 2 is 0.914 bits per heavy atom. The molecule has 0 bridgehead atoms. The van der Waals surface area contributed by atoms with Gasteiger partial charge in [-0.3, -0.25) is 62.5 Å². The number of nitrogens with one attached hydrogen (secondary N) is 12. The predicted octanol–water partition coefficient (Wildman–Crippen LogP) is 1.21. The SMILES string of the molecule is CC(=O)N[C@H](Cc1ccc2ccccc2c1)C(=O)N[C@H](Cc1ccc(Cl)cc1)C(=O)N[C@H](Cc1cccnc1)C(=O)N[C@@H](CO)C(=O)N[C@@H](Cc1ccc(NC(=O)[C@@H](N)CCO)cc1)C(=O)N[C@H](Cc1ccc(NC(=O)[C@H](N)CCO)cc1)C(=O)N[C@@H](CC(C)C)C(=O)N[C@@H](CCCCNC(C)C)C(=O)N1CCC[C@H]1C(=O)N[C@H](C)N. The van der Waals surface area contributed by atoms with Gasteiger partial charge in [0, 0.05) is 93.6 Å². The van der Waals surface area contributed by atoms with Crippen molar-refractivity contribution in [1.82, 2.24) is 63.1 Å². The molecule has 12 atom stereocenters. The molecular weight excluding hydrogens is 1510 g/mol. The fourth-order valence-corrected chi connectivity index (χ4v) is 13.3. The first-order valence-corrected chi connectivity index (χ1v) is 39.5. The van der Waals surface area contributed by atoms with Gasteiger partial charge in [-0.1, -0.05) is 124 Å². The largest absolute Gasteiger partial charge is 0.396 e. The molecule has 0 spiro atoms. The Bertz CT molecular complexity index is 4280. The number of likely N-dealkylation sites (tertiary alicyclic amines) is 1. The minimum atomic E-state index is -1.90. The number of anilines is 2. The highest BCUT2D eigenvalue weighted by Gasteiger charge is 2.40. The van der Waals surface area contributed by atoms with Crippen LogP contribution in [0.5, 0.6) is 0 Å². The van der Waals surface area contributed by atoms with Gasteiger partial charge < -0.3 is 101 Å². The Labute approximate surface area is 680 Å². The second-order valence-corrected chi connectivity index (χ2v) is 30.3. The molecule has 0 radical (unpaired) electrons. The molecule has 0 saturated carbocycles. The van der Waals surface area contributed by atoms with Crippen molar-refractivity contribution in [2.45, 2.75) is 204 Å². The molecular formula is C83H112ClN17O15.